The van der Waals surface area contributed by atoms with Crippen LogP contribution in [-0.2, 0) is 17.6 Å². The standard InChI is InChI=1S/C14H20BrNO2/c1-2-4-17-9-13(16)8-11-7-12(15)6-10-3-5-18-14(10)11/h6-7,13H,2-5,8-9,16H2,1H3. The van der Waals surface area contributed by atoms with Crippen molar-refractivity contribution in [3.8, 4) is 5.75 Å². The molecule has 1 atom stereocenters. The third-order valence-electron chi connectivity index (χ3n) is 2.99. The van der Waals surface area contributed by atoms with E-state index >= 15 is 0 Å². The maximum absolute atomic E-state index is 6.09. The minimum absolute atomic E-state index is 0.0270. The molecule has 0 bridgehead atoms. The molecule has 2 rings (SSSR count). The van der Waals surface area contributed by atoms with Gasteiger partial charge < -0.3 is 15.2 Å². The largest absolute Gasteiger partial charge is 0.493 e. The Bertz CT molecular complexity index is 409. The van der Waals surface area contributed by atoms with E-state index in [1.54, 1.807) is 0 Å². The number of rotatable bonds is 6. The van der Waals surface area contributed by atoms with Crippen LogP contribution in [0.15, 0.2) is 16.6 Å². The van der Waals surface area contributed by atoms with E-state index < -0.39 is 0 Å². The molecule has 1 heterocycles. The van der Waals surface area contributed by atoms with Gasteiger partial charge in [0.05, 0.1) is 13.2 Å². The van der Waals surface area contributed by atoms with Gasteiger partial charge in [0.25, 0.3) is 0 Å². The molecule has 1 aliphatic heterocycles. The van der Waals surface area contributed by atoms with E-state index in [1.807, 2.05) is 0 Å². The second kappa shape index (κ2) is 6.55. The Morgan fingerprint density at radius 3 is 3.11 bits per heavy atom. The summed E-state index contributed by atoms with van der Waals surface area (Å²) in [6.45, 7) is 4.26. The van der Waals surface area contributed by atoms with Gasteiger partial charge in [-0.05, 0) is 36.1 Å². The molecular weight excluding hydrogens is 294 g/mol. The maximum Gasteiger partial charge on any atom is 0.125 e. The van der Waals surface area contributed by atoms with Crippen LogP contribution in [0.3, 0.4) is 0 Å². The molecule has 0 saturated heterocycles. The van der Waals surface area contributed by atoms with Gasteiger partial charge in [0.15, 0.2) is 0 Å². The number of nitrogens with two attached hydrogens (primary N) is 1. The molecule has 1 aromatic rings. The van der Waals surface area contributed by atoms with Crippen molar-refractivity contribution in [3.63, 3.8) is 0 Å². The Morgan fingerprint density at radius 2 is 2.33 bits per heavy atom. The number of hydrogen-bond acceptors (Lipinski definition) is 3. The van der Waals surface area contributed by atoms with Crippen molar-refractivity contribution in [1.29, 1.82) is 0 Å². The fourth-order valence-corrected chi connectivity index (χ4v) is 2.77. The average molecular weight is 314 g/mol. The van der Waals surface area contributed by atoms with Crippen LogP contribution in [0.4, 0.5) is 0 Å². The normalized spacial score (nSPS) is 15.3. The monoisotopic (exact) mass is 313 g/mol. The van der Waals surface area contributed by atoms with Crippen LogP contribution in [0.1, 0.15) is 24.5 Å². The Labute approximate surface area is 117 Å². The SMILES string of the molecule is CCCOCC(N)Cc1cc(Br)cc2c1OCC2. The highest BCUT2D eigenvalue weighted by molar-refractivity contribution is 9.10. The van der Waals surface area contributed by atoms with E-state index in [9.17, 15) is 0 Å². The highest BCUT2D eigenvalue weighted by Crippen LogP contribution is 2.33. The molecule has 100 valence electrons. The van der Waals surface area contributed by atoms with E-state index in [-0.39, 0.29) is 6.04 Å². The van der Waals surface area contributed by atoms with Crippen LogP contribution in [0, 0.1) is 0 Å². The van der Waals surface area contributed by atoms with Gasteiger partial charge >= 0.3 is 0 Å². The smallest absolute Gasteiger partial charge is 0.125 e. The molecule has 3 nitrogen and oxygen atoms in total. The van der Waals surface area contributed by atoms with Gasteiger partial charge in [-0.2, -0.15) is 0 Å². The lowest BCUT2D eigenvalue weighted by Gasteiger charge is -2.14. The van der Waals surface area contributed by atoms with E-state index in [0.717, 1.165) is 42.7 Å². The lowest BCUT2D eigenvalue weighted by atomic mass is 10.0. The molecule has 0 aliphatic carbocycles. The molecular formula is C14H20BrNO2. The lowest BCUT2D eigenvalue weighted by molar-refractivity contribution is 0.121. The van der Waals surface area contributed by atoms with E-state index in [1.165, 1.54) is 11.1 Å². The number of fused-ring (bicyclic) bond motifs is 1. The summed E-state index contributed by atoms with van der Waals surface area (Å²) in [6, 6.07) is 4.26. The summed E-state index contributed by atoms with van der Waals surface area (Å²) in [5.74, 6) is 1.03. The van der Waals surface area contributed by atoms with Gasteiger partial charge in [-0.1, -0.05) is 22.9 Å². The van der Waals surface area contributed by atoms with E-state index in [4.69, 9.17) is 15.2 Å². The van der Waals surface area contributed by atoms with Gasteiger partial charge in [-0.3, -0.25) is 0 Å². The first-order chi connectivity index (χ1) is 8.70. The number of ether oxygens (including phenoxy) is 2. The Balaban J connectivity index is 2.00. The molecule has 1 aromatic carbocycles. The van der Waals surface area contributed by atoms with E-state index in [0.29, 0.717) is 6.61 Å². The van der Waals surface area contributed by atoms with Gasteiger partial charge in [-0.15, -0.1) is 0 Å². The maximum atomic E-state index is 6.09. The zero-order chi connectivity index (χ0) is 13.0. The predicted octanol–water partition coefficient (Wildman–Crippen LogP) is 2.68. The van der Waals surface area contributed by atoms with Crippen molar-refractivity contribution in [2.24, 2.45) is 5.73 Å². The third kappa shape index (κ3) is 3.46. The topological polar surface area (TPSA) is 44.5 Å². The molecule has 0 amide bonds. The van der Waals surface area contributed by atoms with E-state index in [2.05, 4.69) is 35.0 Å². The van der Waals surface area contributed by atoms with Crippen LogP contribution >= 0.6 is 15.9 Å². The summed E-state index contributed by atoms with van der Waals surface area (Å²) in [5, 5.41) is 0. The van der Waals surface area contributed by atoms with Crippen molar-refractivity contribution in [3.05, 3.63) is 27.7 Å². The molecule has 2 N–H and O–H groups in total. The average Bonchev–Trinajstić information content (AvgIpc) is 2.77. The zero-order valence-corrected chi connectivity index (χ0v) is 12.3. The molecule has 0 spiro atoms. The van der Waals surface area contributed by atoms with Crippen LogP contribution in [0.2, 0.25) is 0 Å². The molecule has 18 heavy (non-hydrogen) atoms. The molecule has 0 radical (unpaired) electrons. The van der Waals surface area contributed by atoms with Crippen LogP contribution in [-0.4, -0.2) is 25.9 Å². The minimum Gasteiger partial charge on any atom is -0.493 e. The van der Waals surface area contributed by atoms with Gasteiger partial charge in [0.1, 0.15) is 5.75 Å². The minimum atomic E-state index is 0.0270. The molecule has 4 heteroatoms. The summed E-state index contributed by atoms with van der Waals surface area (Å²) in [7, 11) is 0. The molecule has 1 unspecified atom stereocenters. The first kappa shape index (κ1) is 13.8. The Kier molecular flexibility index (Phi) is 5.03. The highest BCUT2D eigenvalue weighted by Gasteiger charge is 2.18. The second-order valence-corrected chi connectivity index (χ2v) is 5.61. The van der Waals surface area contributed by atoms with Crippen LogP contribution < -0.4 is 10.5 Å². The fourth-order valence-electron chi connectivity index (χ4n) is 2.22. The second-order valence-electron chi connectivity index (χ2n) is 4.69. The van der Waals surface area contributed by atoms with Crippen LogP contribution in [0.25, 0.3) is 0 Å². The first-order valence-corrected chi connectivity index (χ1v) is 7.27. The zero-order valence-electron chi connectivity index (χ0n) is 10.7. The third-order valence-corrected chi connectivity index (χ3v) is 3.45. The quantitative estimate of drug-likeness (QED) is 0.821. The Hall–Kier alpha value is -0.580. The molecule has 0 saturated carbocycles. The predicted molar refractivity (Wildman–Crippen MR) is 76.1 cm³/mol. The molecule has 0 aromatic heterocycles. The molecule has 1 aliphatic rings. The van der Waals surface area contributed by atoms with Gasteiger partial charge in [-0.25, -0.2) is 0 Å². The van der Waals surface area contributed by atoms with Crippen molar-refractivity contribution in [2.75, 3.05) is 19.8 Å². The van der Waals surface area contributed by atoms with Gasteiger partial charge in [0.2, 0.25) is 0 Å². The number of halogens is 1. The fraction of sp³-hybridized carbons (Fsp3) is 0.571. The van der Waals surface area contributed by atoms with Crippen molar-refractivity contribution in [2.45, 2.75) is 32.2 Å². The Morgan fingerprint density at radius 1 is 1.50 bits per heavy atom. The number of hydrogen-bond donors (Lipinski definition) is 1. The summed E-state index contributed by atoms with van der Waals surface area (Å²) in [6.07, 6.45) is 2.82. The highest BCUT2D eigenvalue weighted by atomic mass is 79.9. The van der Waals surface area contributed by atoms with Crippen molar-refractivity contribution in [1.82, 2.24) is 0 Å². The van der Waals surface area contributed by atoms with Crippen molar-refractivity contribution >= 4 is 15.9 Å². The van der Waals surface area contributed by atoms with Crippen molar-refractivity contribution < 1.29 is 9.47 Å². The van der Waals surface area contributed by atoms with Gasteiger partial charge in [0, 0.05) is 23.5 Å². The summed E-state index contributed by atoms with van der Waals surface area (Å²) < 4.78 is 12.3. The number of benzene rings is 1. The lowest BCUT2D eigenvalue weighted by Crippen LogP contribution is -2.29. The van der Waals surface area contributed by atoms with Crippen LogP contribution in [0.5, 0.6) is 5.75 Å². The summed E-state index contributed by atoms with van der Waals surface area (Å²) in [4.78, 5) is 0. The molecule has 0 fully saturated rings. The first-order valence-electron chi connectivity index (χ1n) is 6.48. The summed E-state index contributed by atoms with van der Waals surface area (Å²) >= 11 is 3.54. The summed E-state index contributed by atoms with van der Waals surface area (Å²) in [5.41, 5.74) is 8.56.